The highest BCUT2D eigenvalue weighted by Gasteiger charge is 2.40. The Morgan fingerprint density at radius 1 is 1.36 bits per heavy atom. The van der Waals surface area contributed by atoms with E-state index in [1.165, 1.54) is 5.56 Å². The van der Waals surface area contributed by atoms with Gasteiger partial charge in [0.15, 0.2) is 0 Å². The van der Waals surface area contributed by atoms with Crippen LogP contribution < -0.4 is 15.8 Å². The highest BCUT2D eigenvalue weighted by atomic mass is 16.5. The molecular formula is C17H24N2O3. The van der Waals surface area contributed by atoms with Crippen LogP contribution in [-0.4, -0.2) is 36.8 Å². The average molecular weight is 304 g/mol. The maximum absolute atomic E-state index is 12.5. The molecule has 0 saturated carbocycles. The molecule has 5 nitrogen and oxygen atoms in total. The fourth-order valence-corrected chi connectivity index (χ4v) is 3.32. The van der Waals surface area contributed by atoms with E-state index < -0.39 is 5.54 Å². The third kappa shape index (κ3) is 2.71. The summed E-state index contributed by atoms with van der Waals surface area (Å²) < 4.78 is 11.3. The molecule has 22 heavy (non-hydrogen) atoms. The van der Waals surface area contributed by atoms with Crippen molar-refractivity contribution in [3.63, 3.8) is 0 Å². The molecule has 3 rings (SSSR count). The second-order valence-electron chi connectivity index (χ2n) is 6.44. The number of amides is 1. The molecule has 1 amide bonds. The van der Waals surface area contributed by atoms with Crippen molar-refractivity contribution >= 4 is 5.91 Å². The molecule has 0 bridgehead atoms. The lowest BCUT2D eigenvalue weighted by Gasteiger charge is -2.34. The molecule has 1 saturated heterocycles. The summed E-state index contributed by atoms with van der Waals surface area (Å²) in [5, 5.41) is 3.05. The van der Waals surface area contributed by atoms with Gasteiger partial charge in [0, 0.05) is 24.7 Å². The van der Waals surface area contributed by atoms with Gasteiger partial charge in [-0.25, -0.2) is 0 Å². The van der Waals surface area contributed by atoms with Gasteiger partial charge < -0.3 is 20.5 Å². The molecule has 2 aliphatic rings. The number of para-hydroxylation sites is 1. The third-order valence-electron chi connectivity index (χ3n) is 4.85. The molecule has 2 heterocycles. The summed E-state index contributed by atoms with van der Waals surface area (Å²) in [6.07, 6.45) is 1.06. The molecule has 0 aromatic heterocycles. The SMILES string of the molecule is CC(NC(=O)C1(N)CCOCC1)C1Oc2ccccc2C1C. The van der Waals surface area contributed by atoms with Crippen LogP contribution in [0.15, 0.2) is 24.3 Å². The Bertz CT molecular complexity index is 555. The number of benzene rings is 1. The van der Waals surface area contributed by atoms with Crippen LogP contribution in [0.3, 0.4) is 0 Å². The van der Waals surface area contributed by atoms with Gasteiger partial charge in [0.05, 0.1) is 11.6 Å². The Labute approximate surface area is 131 Å². The smallest absolute Gasteiger partial charge is 0.240 e. The van der Waals surface area contributed by atoms with Gasteiger partial charge in [0.1, 0.15) is 11.9 Å². The van der Waals surface area contributed by atoms with Crippen molar-refractivity contribution in [2.24, 2.45) is 5.73 Å². The monoisotopic (exact) mass is 304 g/mol. The van der Waals surface area contributed by atoms with Crippen LogP contribution in [0.4, 0.5) is 0 Å². The second-order valence-corrected chi connectivity index (χ2v) is 6.44. The predicted molar refractivity (Wildman–Crippen MR) is 83.8 cm³/mol. The van der Waals surface area contributed by atoms with Crippen molar-refractivity contribution in [2.75, 3.05) is 13.2 Å². The summed E-state index contributed by atoms with van der Waals surface area (Å²) >= 11 is 0. The summed E-state index contributed by atoms with van der Waals surface area (Å²) in [6, 6.07) is 7.94. The molecule has 3 unspecified atom stereocenters. The van der Waals surface area contributed by atoms with Gasteiger partial charge in [-0.3, -0.25) is 4.79 Å². The Balaban J connectivity index is 1.66. The Hall–Kier alpha value is -1.59. The number of hydrogen-bond acceptors (Lipinski definition) is 4. The van der Waals surface area contributed by atoms with E-state index in [0.29, 0.717) is 26.1 Å². The highest BCUT2D eigenvalue weighted by molar-refractivity contribution is 5.86. The molecule has 1 fully saturated rings. The molecule has 0 radical (unpaired) electrons. The summed E-state index contributed by atoms with van der Waals surface area (Å²) in [7, 11) is 0. The molecule has 120 valence electrons. The van der Waals surface area contributed by atoms with Crippen molar-refractivity contribution in [2.45, 2.75) is 50.3 Å². The van der Waals surface area contributed by atoms with Gasteiger partial charge in [-0.1, -0.05) is 25.1 Å². The number of hydrogen-bond donors (Lipinski definition) is 2. The Morgan fingerprint density at radius 2 is 2.05 bits per heavy atom. The van der Waals surface area contributed by atoms with Crippen molar-refractivity contribution in [1.29, 1.82) is 0 Å². The molecule has 3 atom stereocenters. The Kier molecular flexibility index (Phi) is 4.10. The summed E-state index contributed by atoms with van der Waals surface area (Å²) in [4.78, 5) is 12.5. The lowest BCUT2D eigenvalue weighted by Crippen LogP contribution is -2.60. The van der Waals surface area contributed by atoms with E-state index in [2.05, 4.69) is 18.3 Å². The third-order valence-corrected chi connectivity index (χ3v) is 4.85. The van der Waals surface area contributed by atoms with E-state index in [4.69, 9.17) is 15.2 Å². The van der Waals surface area contributed by atoms with Crippen LogP contribution in [0.5, 0.6) is 5.75 Å². The predicted octanol–water partition coefficient (Wildman–Crippen LogP) is 1.56. The van der Waals surface area contributed by atoms with E-state index in [1.807, 2.05) is 25.1 Å². The van der Waals surface area contributed by atoms with E-state index in [0.717, 1.165) is 5.75 Å². The van der Waals surface area contributed by atoms with Gasteiger partial charge in [-0.15, -0.1) is 0 Å². The molecule has 0 spiro atoms. The van der Waals surface area contributed by atoms with E-state index >= 15 is 0 Å². The molecule has 1 aromatic carbocycles. The number of nitrogens with two attached hydrogens (primary N) is 1. The normalized spacial score (nSPS) is 27.6. The number of carbonyl (C=O) groups excluding carboxylic acids is 1. The first-order chi connectivity index (χ1) is 10.5. The fraction of sp³-hybridized carbons (Fsp3) is 0.588. The number of nitrogens with one attached hydrogen (secondary N) is 1. The van der Waals surface area contributed by atoms with Crippen LogP contribution in [-0.2, 0) is 9.53 Å². The lowest BCUT2D eigenvalue weighted by atomic mass is 9.89. The maximum atomic E-state index is 12.5. The highest BCUT2D eigenvalue weighted by Crippen LogP contribution is 2.38. The minimum atomic E-state index is -0.818. The average Bonchev–Trinajstić information content (AvgIpc) is 2.86. The zero-order valence-electron chi connectivity index (χ0n) is 13.2. The molecule has 5 heteroatoms. The van der Waals surface area contributed by atoms with Crippen molar-refractivity contribution in [1.82, 2.24) is 5.32 Å². The topological polar surface area (TPSA) is 73.6 Å². The largest absolute Gasteiger partial charge is 0.487 e. The molecule has 3 N–H and O–H groups in total. The number of fused-ring (bicyclic) bond motifs is 1. The van der Waals surface area contributed by atoms with Crippen molar-refractivity contribution in [3.8, 4) is 5.75 Å². The molecular weight excluding hydrogens is 280 g/mol. The number of ether oxygens (including phenoxy) is 2. The van der Waals surface area contributed by atoms with Gasteiger partial charge >= 0.3 is 0 Å². The molecule has 2 aliphatic heterocycles. The Morgan fingerprint density at radius 3 is 2.73 bits per heavy atom. The fourth-order valence-electron chi connectivity index (χ4n) is 3.32. The van der Waals surface area contributed by atoms with Crippen LogP contribution in [0, 0.1) is 0 Å². The molecule has 1 aromatic rings. The maximum Gasteiger partial charge on any atom is 0.240 e. The van der Waals surface area contributed by atoms with Crippen molar-refractivity contribution < 1.29 is 14.3 Å². The van der Waals surface area contributed by atoms with Gasteiger partial charge in [0.2, 0.25) is 5.91 Å². The first kappa shape index (κ1) is 15.3. The van der Waals surface area contributed by atoms with Gasteiger partial charge in [0.25, 0.3) is 0 Å². The zero-order valence-corrected chi connectivity index (χ0v) is 13.2. The van der Waals surface area contributed by atoms with Gasteiger partial charge in [-0.05, 0) is 25.8 Å². The van der Waals surface area contributed by atoms with E-state index in [1.54, 1.807) is 0 Å². The lowest BCUT2D eigenvalue weighted by molar-refractivity contribution is -0.131. The van der Waals surface area contributed by atoms with Crippen LogP contribution in [0.1, 0.15) is 38.2 Å². The van der Waals surface area contributed by atoms with Crippen LogP contribution in [0.25, 0.3) is 0 Å². The minimum absolute atomic E-state index is 0.0650. The summed E-state index contributed by atoms with van der Waals surface area (Å²) in [5.41, 5.74) is 6.61. The zero-order chi connectivity index (χ0) is 15.7. The first-order valence-corrected chi connectivity index (χ1v) is 7.94. The quantitative estimate of drug-likeness (QED) is 0.889. The first-order valence-electron chi connectivity index (χ1n) is 7.94. The van der Waals surface area contributed by atoms with Crippen LogP contribution >= 0.6 is 0 Å². The number of carbonyl (C=O) groups is 1. The van der Waals surface area contributed by atoms with Crippen LogP contribution in [0.2, 0.25) is 0 Å². The number of rotatable bonds is 3. The summed E-state index contributed by atoms with van der Waals surface area (Å²) in [6.45, 7) is 5.19. The minimum Gasteiger partial charge on any atom is -0.487 e. The second kappa shape index (κ2) is 5.89. The van der Waals surface area contributed by atoms with Gasteiger partial charge in [-0.2, -0.15) is 0 Å². The summed E-state index contributed by atoms with van der Waals surface area (Å²) in [5.74, 6) is 1.06. The molecule has 0 aliphatic carbocycles. The van der Waals surface area contributed by atoms with Crippen molar-refractivity contribution in [3.05, 3.63) is 29.8 Å². The standard InChI is InChI=1S/C17H24N2O3/c1-11-13-5-3-4-6-14(13)22-15(11)12(2)19-16(20)17(18)7-9-21-10-8-17/h3-6,11-12,15H,7-10,18H2,1-2H3,(H,19,20). The van der Waals surface area contributed by atoms with E-state index in [9.17, 15) is 4.79 Å². The van der Waals surface area contributed by atoms with E-state index in [-0.39, 0.29) is 24.0 Å².